The normalized spacial score (nSPS) is 11.3. The van der Waals surface area contributed by atoms with Gasteiger partial charge in [-0.25, -0.2) is 0 Å². The van der Waals surface area contributed by atoms with E-state index in [4.69, 9.17) is 9.15 Å². The first-order valence-electron chi connectivity index (χ1n) is 10.5. The Balaban J connectivity index is 1.90. The highest BCUT2D eigenvalue weighted by atomic mass is 127. The van der Waals surface area contributed by atoms with Crippen molar-refractivity contribution in [1.82, 2.24) is 4.90 Å². The molecule has 0 bridgehead atoms. The Hall–Kier alpha value is -1.39. The number of fused-ring (bicyclic) bond motifs is 1. The molecule has 164 valence electrons. The molecular formula is C25H27I2NO3. The molecule has 0 spiro atoms. The Labute approximate surface area is 211 Å². The Morgan fingerprint density at radius 2 is 1.84 bits per heavy atom. The van der Waals surface area contributed by atoms with Crippen LogP contribution in [0.5, 0.6) is 5.75 Å². The lowest BCUT2D eigenvalue weighted by atomic mass is 9.98. The third kappa shape index (κ3) is 5.70. The van der Waals surface area contributed by atoms with Crippen LogP contribution in [0.2, 0.25) is 0 Å². The molecule has 0 saturated carbocycles. The molecule has 0 aliphatic carbocycles. The van der Waals surface area contributed by atoms with Gasteiger partial charge in [0, 0.05) is 23.9 Å². The summed E-state index contributed by atoms with van der Waals surface area (Å²) in [5.41, 5.74) is 2.04. The fraction of sp³-hybridized carbons (Fsp3) is 0.320. The molecule has 0 N–H and O–H groups in total. The minimum Gasteiger partial charge on any atom is -0.490 e. The second-order valence-electron chi connectivity index (χ2n) is 7.20. The summed E-state index contributed by atoms with van der Waals surface area (Å²) in [6.07, 6.45) is 3.26. The van der Waals surface area contributed by atoms with Gasteiger partial charge in [0.05, 0.1) is 12.7 Å². The van der Waals surface area contributed by atoms with Crippen LogP contribution in [0.25, 0.3) is 11.0 Å². The van der Waals surface area contributed by atoms with E-state index in [0.29, 0.717) is 24.2 Å². The first-order chi connectivity index (χ1) is 15.0. The summed E-state index contributed by atoms with van der Waals surface area (Å²) in [4.78, 5) is 15.9. The van der Waals surface area contributed by atoms with Crippen molar-refractivity contribution in [2.24, 2.45) is 0 Å². The van der Waals surface area contributed by atoms with Gasteiger partial charge in [0.1, 0.15) is 23.7 Å². The van der Waals surface area contributed by atoms with E-state index in [9.17, 15) is 4.79 Å². The first kappa shape index (κ1) is 24.3. The van der Waals surface area contributed by atoms with Gasteiger partial charge in [0.2, 0.25) is 0 Å². The van der Waals surface area contributed by atoms with Gasteiger partial charge in [-0.05, 0) is 82.9 Å². The fourth-order valence-corrected chi connectivity index (χ4v) is 5.62. The standard InChI is InChI=1S/C25H27I2NO3/c1-4-7-11-22-23(18-10-8-9-12-21(18)31-22)24(29)17-15-19(26)25(20(27)16-17)30-14-13-28(5-2)6-3/h4,8-10,12,15-16H,1,5-7,11,13-14H2,2-3H3. The van der Waals surface area contributed by atoms with Gasteiger partial charge < -0.3 is 14.1 Å². The van der Waals surface area contributed by atoms with Gasteiger partial charge in [-0.1, -0.05) is 38.1 Å². The quantitative estimate of drug-likeness (QED) is 0.132. The van der Waals surface area contributed by atoms with Crippen LogP contribution in [0.4, 0.5) is 0 Å². The molecule has 1 aromatic heterocycles. The molecule has 1 heterocycles. The number of nitrogens with zero attached hydrogens (tertiary/aromatic N) is 1. The van der Waals surface area contributed by atoms with Crippen molar-refractivity contribution >= 4 is 61.9 Å². The lowest BCUT2D eigenvalue weighted by Crippen LogP contribution is -2.28. The van der Waals surface area contributed by atoms with Crippen molar-refractivity contribution in [2.75, 3.05) is 26.2 Å². The van der Waals surface area contributed by atoms with Crippen LogP contribution in [0.15, 0.2) is 53.5 Å². The van der Waals surface area contributed by atoms with Gasteiger partial charge in [-0.3, -0.25) is 4.79 Å². The highest BCUT2D eigenvalue weighted by molar-refractivity contribution is 14.1. The molecule has 0 saturated heterocycles. The molecule has 4 nitrogen and oxygen atoms in total. The topological polar surface area (TPSA) is 42.7 Å². The van der Waals surface area contributed by atoms with Gasteiger partial charge >= 0.3 is 0 Å². The maximum Gasteiger partial charge on any atom is 0.197 e. The Morgan fingerprint density at radius 3 is 2.48 bits per heavy atom. The average molecular weight is 643 g/mol. The molecule has 6 heteroatoms. The number of ketones is 1. The van der Waals surface area contributed by atoms with Crippen molar-refractivity contribution in [1.29, 1.82) is 0 Å². The van der Waals surface area contributed by atoms with Crippen molar-refractivity contribution in [3.05, 3.63) is 73.1 Å². The SMILES string of the molecule is C=CCCc1oc2ccccc2c1C(=O)c1cc(I)c(OCCN(CC)CC)c(I)c1. The summed E-state index contributed by atoms with van der Waals surface area (Å²) in [5.74, 6) is 1.54. The fourth-order valence-electron chi connectivity index (χ4n) is 3.54. The molecule has 2 aromatic carbocycles. The lowest BCUT2D eigenvalue weighted by molar-refractivity contribution is 0.103. The largest absolute Gasteiger partial charge is 0.490 e. The minimum absolute atomic E-state index is 0.0189. The van der Waals surface area contributed by atoms with Gasteiger partial charge in [0.25, 0.3) is 0 Å². The summed E-state index contributed by atoms with van der Waals surface area (Å²) >= 11 is 4.51. The smallest absolute Gasteiger partial charge is 0.197 e. The Kier molecular flexibility index (Phi) is 8.97. The van der Waals surface area contributed by atoms with E-state index in [2.05, 4.69) is 70.5 Å². The maximum absolute atomic E-state index is 13.6. The number of para-hydroxylation sites is 1. The summed E-state index contributed by atoms with van der Waals surface area (Å²) < 4.78 is 14.0. The van der Waals surface area contributed by atoms with Crippen molar-refractivity contribution < 1.29 is 13.9 Å². The van der Waals surface area contributed by atoms with Gasteiger partial charge in [0.15, 0.2) is 5.78 Å². The second kappa shape index (κ2) is 11.5. The van der Waals surface area contributed by atoms with E-state index >= 15 is 0 Å². The van der Waals surface area contributed by atoms with Crippen LogP contribution in [0, 0.1) is 7.14 Å². The van der Waals surface area contributed by atoms with Crippen molar-refractivity contribution in [2.45, 2.75) is 26.7 Å². The third-order valence-corrected chi connectivity index (χ3v) is 6.88. The number of aryl methyl sites for hydroxylation is 1. The number of hydrogen-bond donors (Lipinski definition) is 0. The van der Waals surface area contributed by atoms with E-state index in [-0.39, 0.29) is 5.78 Å². The molecule has 0 fully saturated rings. The molecule has 0 radical (unpaired) electrons. The van der Waals surface area contributed by atoms with Gasteiger partial charge in [-0.15, -0.1) is 6.58 Å². The third-order valence-electron chi connectivity index (χ3n) is 5.28. The predicted octanol–water partition coefficient (Wildman–Crippen LogP) is 6.71. The molecule has 0 aliphatic rings. The molecule has 0 atom stereocenters. The van der Waals surface area contributed by atoms with E-state index in [1.54, 1.807) is 0 Å². The summed E-state index contributed by atoms with van der Waals surface area (Å²) in [6, 6.07) is 11.5. The number of hydrogen-bond acceptors (Lipinski definition) is 4. The van der Waals surface area contributed by atoms with Crippen LogP contribution in [-0.2, 0) is 6.42 Å². The van der Waals surface area contributed by atoms with E-state index in [1.165, 1.54) is 0 Å². The minimum atomic E-state index is -0.0189. The molecule has 0 aliphatic heterocycles. The van der Waals surface area contributed by atoms with E-state index in [0.717, 1.165) is 55.7 Å². The number of furan rings is 1. The predicted molar refractivity (Wildman–Crippen MR) is 143 cm³/mol. The molecule has 3 rings (SSSR count). The molecule has 3 aromatic rings. The zero-order valence-electron chi connectivity index (χ0n) is 17.9. The number of likely N-dealkylation sites (N-methyl/N-ethyl adjacent to an activating group) is 1. The van der Waals surface area contributed by atoms with E-state index < -0.39 is 0 Å². The maximum atomic E-state index is 13.6. The Bertz CT molecular complexity index is 1050. The number of rotatable bonds is 11. The summed E-state index contributed by atoms with van der Waals surface area (Å²) in [7, 11) is 0. The summed E-state index contributed by atoms with van der Waals surface area (Å²) in [5, 5.41) is 0.858. The number of benzene rings is 2. The average Bonchev–Trinajstić information content (AvgIpc) is 3.14. The number of carbonyl (C=O) groups excluding carboxylic acids is 1. The second-order valence-corrected chi connectivity index (χ2v) is 9.52. The van der Waals surface area contributed by atoms with Crippen LogP contribution in [0.1, 0.15) is 41.9 Å². The molecule has 0 unspecified atom stereocenters. The zero-order chi connectivity index (χ0) is 22.4. The van der Waals surface area contributed by atoms with Crippen LogP contribution in [0.3, 0.4) is 0 Å². The van der Waals surface area contributed by atoms with Crippen molar-refractivity contribution in [3.8, 4) is 5.75 Å². The van der Waals surface area contributed by atoms with Crippen LogP contribution >= 0.6 is 45.2 Å². The van der Waals surface area contributed by atoms with Crippen LogP contribution < -0.4 is 4.74 Å². The van der Waals surface area contributed by atoms with Gasteiger partial charge in [-0.2, -0.15) is 0 Å². The summed E-state index contributed by atoms with van der Waals surface area (Å²) in [6.45, 7) is 11.6. The zero-order valence-corrected chi connectivity index (χ0v) is 22.2. The number of halogens is 2. The number of ether oxygens (including phenoxy) is 1. The Morgan fingerprint density at radius 1 is 1.16 bits per heavy atom. The van der Waals surface area contributed by atoms with Crippen molar-refractivity contribution in [3.63, 3.8) is 0 Å². The van der Waals surface area contributed by atoms with E-state index in [1.807, 2.05) is 42.5 Å². The van der Waals surface area contributed by atoms with Crippen LogP contribution in [-0.4, -0.2) is 36.9 Å². The highest BCUT2D eigenvalue weighted by Crippen LogP contribution is 2.33. The molecule has 0 amide bonds. The number of carbonyl (C=O) groups is 1. The monoisotopic (exact) mass is 643 g/mol. The molecular weight excluding hydrogens is 616 g/mol. The lowest BCUT2D eigenvalue weighted by Gasteiger charge is -2.19. The number of allylic oxidation sites excluding steroid dienone is 1. The molecule has 31 heavy (non-hydrogen) atoms. The first-order valence-corrected chi connectivity index (χ1v) is 12.7. The highest BCUT2D eigenvalue weighted by Gasteiger charge is 2.23.